The van der Waals surface area contributed by atoms with Crippen molar-refractivity contribution in [2.45, 2.75) is 26.2 Å². The van der Waals surface area contributed by atoms with E-state index in [0.29, 0.717) is 0 Å². The minimum Gasteiger partial charge on any atom is -0.399 e. The first-order chi connectivity index (χ1) is 6.27. The van der Waals surface area contributed by atoms with Crippen LogP contribution in [-0.4, -0.2) is 0 Å². The van der Waals surface area contributed by atoms with E-state index >= 15 is 0 Å². The maximum atomic E-state index is 5.85. The summed E-state index contributed by atoms with van der Waals surface area (Å²) in [4.78, 5) is 0. The van der Waals surface area contributed by atoms with Crippen LogP contribution in [0.1, 0.15) is 24.5 Å². The fourth-order valence-corrected chi connectivity index (χ4v) is 1.35. The van der Waals surface area contributed by atoms with Crippen LogP contribution in [0.15, 0.2) is 30.9 Å². The van der Waals surface area contributed by atoms with Gasteiger partial charge in [0.25, 0.3) is 0 Å². The smallest absolute Gasteiger partial charge is 0.0346 e. The molecule has 70 valence electrons. The number of nitrogen functional groups attached to an aromatic ring is 1. The van der Waals surface area contributed by atoms with Crippen molar-refractivity contribution in [1.82, 2.24) is 0 Å². The van der Waals surface area contributed by atoms with Crippen LogP contribution in [0, 0.1) is 0 Å². The molecule has 13 heavy (non-hydrogen) atoms. The van der Waals surface area contributed by atoms with Crippen LogP contribution >= 0.6 is 0 Å². The molecule has 0 fully saturated rings. The van der Waals surface area contributed by atoms with Crippen molar-refractivity contribution >= 4 is 5.69 Å². The standard InChI is InChI=1S/C12H17N/c1-3-5-6-11-9-10(4-2)7-8-12(11)13/h3,7-9H,1,4-6,13H2,2H3. The Hall–Kier alpha value is -1.24. The Kier molecular flexibility index (Phi) is 3.56. The van der Waals surface area contributed by atoms with E-state index in [-0.39, 0.29) is 0 Å². The Morgan fingerprint density at radius 2 is 2.23 bits per heavy atom. The van der Waals surface area contributed by atoms with E-state index in [1.165, 1.54) is 11.1 Å². The number of rotatable bonds is 4. The van der Waals surface area contributed by atoms with Crippen molar-refractivity contribution in [2.75, 3.05) is 5.73 Å². The summed E-state index contributed by atoms with van der Waals surface area (Å²) in [6.07, 6.45) is 5.00. The van der Waals surface area contributed by atoms with Gasteiger partial charge in [-0.15, -0.1) is 6.58 Å². The van der Waals surface area contributed by atoms with E-state index in [0.717, 1.165) is 24.9 Å². The summed E-state index contributed by atoms with van der Waals surface area (Å²) in [5, 5.41) is 0. The van der Waals surface area contributed by atoms with Gasteiger partial charge in [-0.3, -0.25) is 0 Å². The fraction of sp³-hybridized carbons (Fsp3) is 0.333. The van der Waals surface area contributed by atoms with Crippen molar-refractivity contribution in [1.29, 1.82) is 0 Å². The molecule has 0 amide bonds. The van der Waals surface area contributed by atoms with E-state index in [1.807, 2.05) is 12.1 Å². The molecule has 0 bridgehead atoms. The summed E-state index contributed by atoms with van der Waals surface area (Å²) in [7, 11) is 0. The lowest BCUT2D eigenvalue weighted by molar-refractivity contribution is 0.997. The Labute approximate surface area is 80.3 Å². The third-order valence-corrected chi connectivity index (χ3v) is 2.23. The van der Waals surface area contributed by atoms with Gasteiger partial charge in [0, 0.05) is 5.69 Å². The van der Waals surface area contributed by atoms with Gasteiger partial charge in [0.1, 0.15) is 0 Å². The van der Waals surface area contributed by atoms with Gasteiger partial charge in [-0.1, -0.05) is 25.1 Å². The topological polar surface area (TPSA) is 26.0 Å². The number of hydrogen-bond acceptors (Lipinski definition) is 1. The molecule has 0 spiro atoms. The van der Waals surface area contributed by atoms with Crippen LogP contribution in [0.25, 0.3) is 0 Å². The second kappa shape index (κ2) is 4.70. The van der Waals surface area contributed by atoms with E-state index in [4.69, 9.17) is 5.73 Å². The molecule has 0 atom stereocenters. The Bertz CT molecular complexity index is 289. The number of allylic oxidation sites excluding steroid dienone is 1. The maximum absolute atomic E-state index is 5.85. The van der Waals surface area contributed by atoms with Crippen molar-refractivity contribution < 1.29 is 0 Å². The lowest BCUT2D eigenvalue weighted by Crippen LogP contribution is -1.95. The zero-order valence-corrected chi connectivity index (χ0v) is 8.22. The SMILES string of the molecule is C=CCCc1cc(CC)ccc1N. The molecular weight excluding hydrogens is 158 g/mol. The van der Waals surface area contributed by atoms with Crippen molar-refractivity contribution in [3.05, 3.63) is 42.0 Å². The number of hydrogen-bond donors (Lipinski definition) is 1. The Balaban J connectivity index is 2.83. The number of benzene rings is 1. The highest BCUT2D eigenvalue weighted by Gasteiger charge is 1.98. The third kappa shape index (κ3) is 2.62. The molecule has 0 radical (unpaired) electrons. The van der Waals surface area contributed by atoms with E-state index in [2.05, 4.69) is 25.6 Å². The zero-order valence-electron chi connectivity index (χ0n) is 8.22. The summed E-state index contributed by atoms with van der Waals surface area (Å²) in [5.41, 5.74) is 9.36. The molecule has 0 aromatic heterocycles. The molecule has 0 saturated heterocycles. The lowest BCUT2D eigenvalue weighted by atomic mass is 10.0. The zero-order chi connectivity index (χ0) is 9.68. The first kappa shape index (κ1) is 9.85. The molecule has 1 rings (SSSR count). The van der Waals surface area contributed by atoms with Crippen LogP contribution in [0.2, 0.25) is 0 Å². The molecule has 1 aromatic carbocycles. The average Bonchev–Trinajstić information content (AvgIpc) is 2.17. The van der Waals surface area contributed by atoms with Gasteiger partial charge in [0.2, 0.25) is 0 Å². The minimum atomic E-state index is 0.902. The first-order valence-corrected chi connectivity index (χ1v) is 4.76. The molecule has 1 nitrogen and oxygen atoms in total. The van der Waals surface area contributed by atoms with Crippen molar-refractivity contribution in [3.8, 4) is 0 Å². The highest BCUT2D eigenvalue weighted by Crippen LogP contribution is 2.16. The highest BCUT2D eigenvalue weighted by molar-refractivity contribution is 5.48. The van der Waals surface area contributed by atoms with Gasteiger partial charge in [-0.05, 0) is 36.5 Å². The normalized spacial score (nSPS) is 9.92. The Morgan fingerprint density at radius 3 is 2.85 bits per heavy atom. The van der Waals surface area contributed by atoms with Crippen LogP contribution < -0.4 is 5.73 Å². The minimum absolute atomic E-state index is 0.902. The highest BCUT2D eigenvalue weighted by atomic mass is 14.6. The van der Waals surface area contributed by atoms with Crippen molar-refractivity contribution in [3.63, 3.8) is 0 Å². The van der Waals surface area contributed by atoms with Gasteiger partial charge in [-0.25, -0.2) is 0 Å². The van der Waals surface area contributed by atoms with Gasteiger partial charge in [-0.2, -0.15) is 0 Å². The second-order valence-corrected chi connectivity index (χ2v) is 3.21. The summed E-state index contributed by atoms with van der Waals surface area (Å²) in [5.74, 6) is 0. The van der Waals surface area contributed by atoms with Gasteiger partial charge in [0.15, 0.2) is 0 Å². The van der Waals surface area contributed by atoms with E-state index < -0.39 is 0 Å². The van der Waals surface area contributed by atoms with E-state index in [1.54, 1.807) is 0 Å². The molecule has 0 unspecified atom stereocenters. The molecule has 0 heterocycles. The van der Waals surface area contributed by atoms with Gasteiger partial charge < -0.3 is 5.73 Å². The molecule has 0 aliphatic carbocycles. The third-order valence-electron chi connectivity index (χ3n) is 2.23. The first-order valence-electron chi connectivity index (χ1n) is 4.76. The summed E-state index contributed by atoms with van der Waals surface area (Å²) >= 11 is 0. The monoisotopic (exact) mass is 175 g/mol. The molecule has 0 aliphatic heterocycles. The van der Waals surface area contributed by atoms with Gasteiger partial charge >= 0.3 is 0 Å². The predicted octanol–water partition coefficient (Wildman–Crippen LogP) is 2.95. The molecule has 2 N–H and O–H groups in total. The number of anilines is 1. The maximum Gasteiger partial charge on any atom is 0.0346 e. The molecular formula is C12H17N. The molecule has 0 aliphatic rings. The fourth-order valence-electron chi connectivity index (χ4n) is 1.35. The summed E-state index contributed by atoms with van der Waals surface area (Å²) < 4.78 is 0. The van der Waals surface area contributed by atoms with Crippen LogP contribution in [0.3, 0.4) is 0 Å². The molecule has 1 aromatic rings. The van der Waals surface area contributed by atoms with Gasteiger partial charge in [0.05, 0.1) is 0 Å². The van der Waals surface area contributed by atoms with E-state index in [9.17, 15) is 0 Å². The quantitative estimate of drug-likeness (QED) is 0.552. The second-order valence-electron chi connectivity index (χ2n) is 3.21. The average molecular weight is 175 g/mol. The summed E-state index contributed by atoms with van der Waals surface area (Å²) in [6.45, 7) is 5.86. The predicted molar refractivity (Wildman–Crippen MR) is 58.8 cm³/mol. The summed E-state index contributed by atoms with van der Waals surface area (Å²) in [6, 6.07) is 6.28. The van der Waals surface area contributed by atoms with Crippen LogP contribution in [-0.2, 0) is 12.8 Å². The van der Waals surface area contributed by atoms with Crippen LogP contribution in [0.5, 0.6) is 0 Å². The number of aryl methyl sites for hydroxylation is 2. The largest absolute Gasteiger partial charge is 0.399 e. The van der Waals surface area contributed by atoms with Crippen molar-refractivity contribution in [2.24, 2.45) is 0 Å². The molecule has 1 heteroatoms. The van der Waals surface area contributed by atoms with Crippen LogP contribution in [0.4, 0.5) is 5.69 Å². The lowest BCUT2D eigenvalue weighted by Gasteiger charge is -2.06. The number of nitrogens with two attached hydrogens (primary N) is 1. The Morgan fingerprint density at radius 1 is 1.46 bits per heavy atom. The molecule has 0 saturated carbocycles.